The number of unbranched alkanes of at least 4 members (excludes halogenated alkanes) is 23. The van der Waals surface area contributed by atoms with Crippen molar-refractivity contribution in [1.82, 2.24) is 10.6 Å². The van der Waals surface area contributed by atoms with Crippen molar-refractivity contribution in [1.29, 1.82) is 0 Å². The fraction of sp³-hybridized carbons (Fsp3) is 0.864. The van der Waals surface area contributed by atoms with Gasteiger partial charge < -0.3 is 155 Å². The van der Waals surface area contributed by atoms with Gasteiger partial charge in [-0.1, -0.05) is 166 Å². The normalized spacial score (nSPS) is 32.3. The average molecular weight is 1680 g/mol. The number of carbonyl (C=O) groups is 5. The largest absolute Gasteiger partial charge is 0.479 e. The summed E-state index contributed by atoms with van der Waals surface area (Å²) in [6.45, 7) is 0.303. The number of nitrogens with one attached hydrogen (secondary N) is 2. The number of hydrogen-bond acceptors (Lipinski definition) is 32. The standard InChI is InChI=1S/C81H138N2O34/c1-2-3-4-5-6-7-8-9-10-14-17-25-38-51(87)57(90)50(83-56(89)40-26-18-15-12-11-13-16-22-33-48-34-23-21-24-35-48)46-109-78-64(97)59(92)58(91)54(112-78)47-107-42-31-20-19-30-41-82-55(88)39-28-27-36-49(86)37-29-32-43-108-77-66(99)62(95)70(52(44-84)110-77)114-81-69(102)72(68(101)74(117-81)76(105)106)115-79-67(100)63(96)71(53(45-85)111-79)113-80-65(98)60(93)61(94)73(116-80)75(103)104/h21,23-24,34-35,50-54,57-74,77-81,84-85,87,90-102H,2-20,22,25-33,36-47H2,1H3,(H,82,88)(H,83,89)(H,103,104)(H,105,106)/t50-,51+,52?,53?,54?,57-,58?,59?,60?,61?,62?,63?,64?,65?,66?,67?,68?,69?,70?,71?,72?,73?,74?,77?,78?,79?,80?,81?/m0/s1. The topological polar surface area (TPSA) is 575 Å². The summed E-state index contributed by atoms with van der Waals surface area (Å²) in [5.41, 5.74) is 1.36. The van der Waals surface area contributed by atoms with Crippen molar-refractivity contribution in [3.05, 3.63) is 35.9 Å². The fourth-order valence-corrected chi connectivity index (χ4v) is 15.0. The van der Waals surface area contributed by atoms with Crippen LogP contribution < -0.4 is 10.6 Å². The minimum atomic E-state index is -2.31. The summed E-state index contributed by atoms with van der Waals surface area (Å²) < 4.78 is 61.7. The van der Waals surface area contributed by atoms with Gasteiger partial charge >= 0.3 is 11.9 Å². The molecule has 5 fully saturated rings. The lowest BCUT2D eigenvalue weighted by Crippen LogP contribution is -2.68. The smallest absolute Gasteiger partial charge is 0.335 e. The van der Waals surface area contributed by atoms with E-state index in [1.807, 2.05) is 6.07 Å². The van der Waals surface area contributed by atoms with Crippen LogP contribution in [0.4, 0.5) is 0 Å². The van der Waals surface area contributed by atoms with E-state index >= 15 is 0 Å². The average Bonchev–Trinajstić information content (AvgIpc) is 0.772. The molecule has 20 N–H and O–H groups in total. The second-order valence-corrected chi connectivity index (χ2v) is 31.7. The number of amides is 2. The lowest BCUT2D eigenvalue weighted by Gasteiger charge is -2.48. The van der Waals surface area contributed by atoms with Crippen molar-refractivity contribution in [3.8, 4) is 0 Å². The molecular weight excluding hydrogens is 1540 g/mol. The summed E-state index contributed by atoms with van der Waals surface area (Å²) in [5, 5.41) is 199. The molecule has 5 heterocycles. The molecule has 1 aromatic rings. The van der Waals surface area contributed by atoms with Crippen LogP contribution in [-0.2, 0) is 82.5 Å². The van der Waals surface area contributed by atoms with E-state index in [-0.39, 0.29) is 76.1 Å². The summed E-state index contributed by atoms with van der Waals surface area (Å²) in [6.07, 6.45) is -22.6. The molecule has 0 saturated carbocycles. The number of hydrogen-bond donors (Lipinski definition) is 20. The second kappa shape index (κ2) is 55.7. The monoisotopic (exact) mass is 1680 g/mol. The third-order valence-electron chi connectivity index (χ3n) is 22.3. The Morgan fingerprint density at radius 3 is 1.44 bits per heavy atom. The maximum absolute atomic E-state index is 13.4. The Kier molecular flexibility index (Phi) is 48.4. The number of ether oxygens (including phenoxy) is 11. The Morgan fingerprint density at radius 1 is 0.410 bits per heavy atom. The van der Waals surface area contributed by atoms with Crippen LogP contribution in [0.5, 0.6) is 0 Å². The van der Waals surface area contributed by atoms with Gasteiger partial charge in [0.25, 0.3) is 0 Å². The summed E-state index contributed by atoms with van der Waals surface area (Å²) in [7, 11) is 0. The molecule has 36 heteroatoms. The molecule has 1 aromatic carbocycles. The van der Waals surface area contributed by atoms with Crippen LogP contribution in [-0.4, -0.2) is 339 Å². The highest BCUT2D eigenvalue weighted by atomic mass is 16.8. The van der Waals surface area contributed by atoms with E-state index in [1.165, 1.54) is 63.4 Å². The van der Waals surface area contributed by atoms with E-state index in [1.54, 1.807) is 0 Å². The number of carboxylic acids is 2. The van der Waals surface area contributed by atoms with Gasteiger partial charge in [0.2, 0.25) is 11.8 Å². The number of aliphatic hydroxyl groups excluding tert-OH is 16. The molecule has 0 aliphatic carbocycles. The number of rotatable bonds is 60. The lowest BCUT2D eigenvalue weighted by molar-refractivity contribution is -0.385. The number of Topliss-reactive ketones (excluding diaryl/α,β-unsaturated/α-hetero) is 1. The van der Waals surface area contributed by atoms with Gasteiger partial charge in [0, 0.05) is 45.4 Å². The van der Waals surface area contributed by atoms with Crippen LogP contribution >= 0.6 is 0 Å². The van der Waals surface area contributed by atoms with Gasteiger partial charge in [-0.2, -0.15) is 0 Å². The predicted molar refractivity (Wildman–Crippen MR) is 412 cm³/mol. The first kappa shape index (κ1) is 101. The van der Waals surface area contributed by atoms with E-state index in [0.29, 0.717) is 57.9 Å². The van der Waals surface area contributed by atoms with Crippen molar-refractivity contribution in [2.24, 2.45) is 0 Å². The summed E-state index contributed by atoms with van der Waals surface area (Å²) in [6, 6.07) is 9.40. The van der Waals surface area contributed by atoms with Crippen LogP contribution in [0.3, 0.4) is 0 Å². The number of benzene rings is 1. The van der Waals surface area contributed by atoms with E-state index < -0.39 is 197 Å². The molecule has 0 bridgehead atoms. The van der Waals surface area contributed by atoms with Crippen molar-refractivity contribution in [2.45, 2.75) is 397 Å². The Morgan fingerprint density at radius 2 is 0.846 bits per heavy atom. The highest BCUT2D eigenvalue weighted by Gasteiger charge is 2.57. The van der Waals surface area contributed by atoms with Gasteiger partial charge in [0.05, 0.1) is 38.6 Å². The minimum Gasteiger partial charge on any atom is -0.479 e. The van der Waals surface area contributed by atoms with Crippen LogP contribution in [0.2, 0.25) is 0 Å². The number of aliphatic carboxylic acids is 2. The number of carboxylic acid groups (broad SMARTS) is 2. The molecule has 0 aromatic heterocycles. The van der Waals surface area contributed by atoms with Crippen molar-refractivity contribution >= 4 is 29.5 Å². The van der Waals surface area contributed by atoms with Gasteiger partial charge in [-0.15, -0.1) is 0 Å². The summed E-state index contributed by atoms with van der Waals surface area (Å²) in [4.78, 5) is 62.7. The van der Waals surface area contributed by atoms with Gasteiger partial charge in [-0.25, -0.2) is 9.59 Å². The van der Waals surface area contributed by atoms with Gasteiger partial charge in [0.15, 0.2) is 43.7 Å². The summed E-state index contributed by atoms with van der Waals surface area (Å²) in [5.74, 6) is -4.18. The Balaban J connectivity index is 0.820. The lowest BCUT2D eigenvalue weighted by atomic mass is 9.95. The number of carbonyl (C=O) groups excluding carboxylic acids is 3. The molecule has 28 atom stereocenters. The quantitative estimate of drug-likeness (QED) is 0.0391. The van der Waals surface area contributed by atoms with Crippen LogP contribution in [0.15, 0.2) is 30.3 Å². The van der Waals surface area contributed by atoms with Gasteiger partial charge in [-0.05, 0) is 69.8 Å². The van der Waals surface area contributed by atoms with Crippen molar-refractivity contribution in [3.63, 3.8) is 0 Å². The minimum absolute atomic E-state index is 0.0687. The van der Waals surface area contributed by atoms with E-state index in [9.17, 15) is 116 Å². The molecule has 5 aliphatic rings. The van der Waals surface area contributed by atoms with E-state index in [4.69, 9.17) is 52.1 Å². The highest BCUT2D eigenvalue weighted by Crippen LogP contribution is 2.36. The van der Waals surface area contributed by atoms with Crippen LogP contribution in [0, 0.1) is 0 Å². The molecule has 5 aliphatic heterocycles. The first-order valence-electron chi connectivity index (χ1n) is 42.6. The predicted octanol–water partition coefficient (Wildman–Crippen LogP) is 0.329. The second-order valence-electron chi connectivity index (χ2n) is 31.7. The van der Waals surface area contributed by atoms with Crippen molar-refractivity contribution in [2.75, 3.05) is 46.2 Å². The molecule has 0 spiro atoms. The molecule has 5 saturated heterocycles. The SMILES string of the molecule is CCCCCCCCCCCCCC[C@@H](O)[C@@H](O)[C@H](COC1OC(COCCCCCCNC(=O)CCCCC(=O)CCCCOC2OC(CO)C(OC3OC(C(=O)O)C(O)C(OC4OC(CO)C(OC5OC(C(=O)O)C(O)C(O)C5O)C(O)C4O)C3O)C(O)C2O)C(O)C(O)C1O)NC(=O)CCCCCCCCCCc1ccccc1. The van der Waals surface area contributed by atoms with E-state index in [2.05, 4.69) is 41.8 Å². The number of aliphatic hydroxyl groups is 16. The number of ketones is 1. The van der Waals surface area contributed by atoms with Crippen molar-refractivity contribution < 1.29 is 168 Å². The van der Waals surface area contributed by atoms with Gasteiger partial charge in [-0.3, -0.25) is 14.4 Å². The first-order chi connectivity index (χ1) is 56.2. The molecule has 36 nitrogen and oxygen atoms in total. The maximum Gasteiger partial charge on any atom is 0.335 e. The Hall–Kier alpha value is -4.31. The summed E-state index contributed by atoms with van der Waals surface area (Å²) >= 11 is 0. The molecular formula is C81H138N2O34. The zero-order chi connectivity index (χ0) is 85.3. The van der Waals surface area contributed by atoms with Crippen LogP contribution in [0.25, 0.3) is 0 Å². The Labute approximate surface area is 684 Å². The molecule has 117 heavy (non-hydrogen) atoms. The molecule has 2 amide bonds. The third kappa shape index (κ3) is 34.0. The molecule has 0 radical (unpaired) electrons. The maximum atomic E-state index is 13.4. The van der Waals surface area contributed by atoms with E-state index in [0.717, 1.165) is 77.0 Å². The zero-order valence-corrected chi connectivity index (χ0v) is 67.6. The molecule has 25 unspecified atom stereocenters. The Bertz CT molecular complexity index is 2880. The first-order valence-corrected chi connectivity index (χ1v) is 42.6. The highest BCUT2D eigenvalue weighted by molar-refractivity contribution is 5.79. The fourth-order valence-electron chi connectivity index (χ4n) is 15.0. The molecule has 6 rings (SSSR count). The third-order valence-corrected chi connectivity index (χ3v) is 22.3. The van der Waals surface area contributed by atoms with Gasteiger partial charge in [0.1, 0.15) is 122 Å². The number of aryl methyl sites for hydroxylation is 1. The van der Waals surface area contributed by atoms with Crippen LogP contribution in [0.1, 0.15) is 224 Å². The molecule has 676 valence electrons. The zero-order valence-electron chi connectivity index (χ0n) is 67.6.